The first-order valence-corrected chi connectivity index (χ1v) is 11.6. The molecule has 0 aliphatic carbocycles. The van der Waals surface area contributed by atoms with Crippen LogP contribution in [0.5, 0.6) is 5.75 Å². The zero-order valence-electron chi connectivity index (χ0n) is 17.5. The monoisotopic (exact) mass is 529 g/mol. The number of amides is 1. The van der Waals surface area contributed by atoms with Gasteiger partial charge in [0.25, 0.3) is 5.91 Å². The number of halogens is 2. The Morgan fingerprint density at radius 2 is 2.00 bits per heavy atom. The molecule has 1 aliphatic rings. The van der Waals surface area contributed by atoms with Crippen LogP contribution in [-0.2, 0) is 4.79 Å². The van der Waals surface area contributed by atoms with Crippen molar-refractivity contribution in [2.45, 2.75) is 0 Å². The highest BCUT2D eigenvalue weighted by molar-refractivity contribution is 7.07. The molecule has 0 unspecified atom stereocenters. The third kappa shape index (κ3) is 4.83. The third-order valence-corrected chi connectivity index (χ3v) is 6.37. The fourth-order valence-electron chi connectivity index (χ4n) is 3.22. The Morgan fingerprint density at radius 1 is 1.14 bits per heavy atom. The predicted molar refractivity (Wildman–Crippen MR) is 132 cm³/mol. The number of carbonyl (C=O) groups is 1. The minimum Gasteiger partial charge on any atom is -0.482 e. The third-order valence-electron chi connectivity index (χ3n) is 4.81. The molecular formula is C22H13Cl2N5O5S. The molecular weight excluding hydrogens is 517 g/mol. The van der Waals surface area contributed by atoms with Crippen molar-refractivity contribution >= 4 is 63.9 Å². The van der Waals surface area contributed by atoms with Crippen molar-refractivity contribution in [1.29, 1.82) is 0 Å². The highest BCUT2D eigenvalue weighted by atomic mass is 35.5. The number of nitrogens with zero attached hydrogens (tertiary/aromatic N) is 4. The van der Waals surface area contributed by atoms with Gasteiger partial charge >= 0.3 is 5.88 Å². The zero-order chi connectivity index (χ0) is 24.5. The normalized spacial score (nSPS) is 13.5. The predicted octanol–water partition coefficient (Wildman–Crippen LogP) is 5.47. The van der Waals surface area contributed by atoms with Crippen molar-refractivity contribution < 1.29 is 18.9 Å². The summed E-state index contributed by atoms with van der Waals surface area (Å²) in [7, 11) is 0. The number of carbonyl (C=O) groups excluding carboxylic acids is 1. The molecule has 176 valence electrons. The maximum atomic E-state index is 11.8. The van der Waals surface area contributed by atoms with Gasteiger partial charge in [0.05, 0.1) is 39.4 Å². The smallest absolute Gasteiger partial charge is 0.433 e. The highest BCUT2D eigenvalue weighted by Crippen LogP contribution is 2.33. The lowest BCUT2D eigenvalue weighted by Gasteiger charge is -2.18. The number of benzene rings is 2. The Labute approximate surface area is 210 Å². The molecule has 2 aromatic heterocycles. The van der Waals surface area contributed by atoms with Crippen LogP contribution < -0.4 is 14.9 Å². The second kappa shape index (κ2) is 9.37. The molecule has 1 amide bonds. The summed E-state index contributed by atoms with van der Waals surface area (Å²) in [5, 5.41) is 20.8. The molecule has 0 atom stereocenters. The molecule has 5 rings (SSSR count). The van der Waals surface area contributed by atoms with Gasteiger partial charge in [-0.3, -0.25) is 14.9 Å². The second-order valence-corrected chi connectivity index (χ2v) is 8.80. The number of rotatable bonds is 5. The number of ether oxygens (including phenoxy) is 1. The van der Waals surface area contributed by atoms with Crippen LogP contribution >= 0.6 is 34.5 Å². The SMILES string of the molecule is O=C1COc2ccc(-c3csc(=Nc4ccc(Cl)c(Cl)c4)n3N=Cc3ccc([N+](=O)[O-])o3)cc2N1. The lowest BCUT2D eigenvalue weighted by atomic mass is 10.1. The lowest BCUT2D eigenvalue weighted by Crippen LogP contribution is -2.25. The number of anilines is 1. The molecule has 10 nitrogen and oxygen atoms in total. The molecule has 13 heteroatoms. The van der Waals surface area contributed by atoms with Crippen molar-refractivity contribution in [2.24, 2.45) is 10.1 Å². The summed E-state index contributed by atoms with van der Waals surface area (Å²) in [5.74, 6) is 0.101. The van der Waals surface area contributed by atoms with Crippen LogP contribution in [0.1, 0.15) is 5.76 Å². The Bertz CT molecular complexity index is 1570. The van der Waals surface area contributed by atoms with E-state index in [0.717, 1.165) is 5.56 Å². The largest absolute Gasteiger partial charge is 0.482 e. The van der Waals surface area contributed by atoms with Crippen molar-refractivity contribution in [2.75, 3.05) is 11.9 Å². The van der Waals surface area contributed by atoms with E-state index in [1.807, 2.05) is 11.4 Å². The van der Waals surface area contributed by atoms with Crippen LogP contribution in [0.3, 0.4) is 0 Å². The van der Waals surface area contributed by atoms with Gasteiger partial charge in [-0.2, -0.15) is 5.10 Å². The maximum absolute atomic E-state index is 11.8. The molecule has 0 bridgehead atoms. The molecule has 1 N–H and O–H groups in total. The summed E-state index contributed by atoms with van der Waals surface area (Å²) < 4.78 is 12.2. The first-order valence-electron chi connectivity index (χ1n) is 9.93. The molecule has 0 fully saturated rings. The van der Waals surface area contributed by atoms with Gasteiger partial charge in [-0.1, -0.05) is 23.2 Å². The molecule has 1 aliphatic heterocycles. The molecule has 35 heavy (non-hydrogen) atoms. The van der Waals surface area contributed by atoms with Crippen molar-refractivity contribution in [3.63, 3.8) is 0 Å². The van der Waals surface area contributed by atoms with Crippen molar-refractivity contribution in [3.05, 3.63) is 84.6 Å². The van der Waals surface area contributed by atoms with Gasteiger partial charge in [0, 0.05) is 10.9 Å². The molecule has 0 radical (unpaired) electrons. The number of thiazole rings is 1. The van der Waals surface area contributed by atoms with E-state index in [1.54, 1.807) is 35.0 Å². The van der Waals surface area contributed by atoms with Crippen LogP contribution in [-0.4, -0.2) is 28.3 Å². The minimum absolute atomic E-state index is 0.0446. The van der Waals surface area contributed by atoms with E-state index in [2.05, 4.69) is 15.4 Å². The number of nitrogens with one attached hydrogen (secondary N) is 1. The second-order valence-electron chi connectivity index (χ2n) is 7.15. The zero-order valence-corrected chi connectivity index (χ0v) is 19.8. The number of furan rings is 1. The fourth-order valence-corrected chi connectivity index (χ4v) is 4.37. The first kappa shape index (κ1) is 22.8. The molecule has 0 spiro atoms. The summed E-state index contributed by atoms with van der Waals surface area (Å²) in [6.45, 7) is -0.0446. The van der Waals surface area contributed by atoms with E-state index in [9.17, 15) is 14.9 Å². The minimum atomic E-state index is -0.630. The average Bonchev–Trinajstić information content (AvgIpc) is 3.47. The van der Waals surface area contributed by atoms with Crippen LogP contribution in [0.2, 0.25) is 10.0 Å². The standard InChI is InChI=1S/C22H13Cl2N5O5S/c23-15-4-2-13(8-16(15)24)26-22-28(25-9-14-3-6-21(34-14)29(31)32)18(11-35-22)12-1-5-19-17(7-12)27-20(30)10-33-19/h1-9,11H,10H2,(H,27,30). The number of fused-ring (bicyclic) bond motifs is 1. The van der Waals surface area contributed by atoms with Gasteiger partial charge in [0.2, 0.25) is 4.80 Å². The van der Waals surface area contributed by atoms with E-state index in [-0.39, 0.29) is 18.3 Å². The van der Waals surface area contributed by atoms with Gasteiger partial charge in [-0.15, -0.1) is 11.3 Å². The van der Waals surface area contributed by atoms with Gasteiger partial charge in [0.15, 0.2) is 12.4 Å². The molecule has 3 heterocycles. The molecule has 2 aromatic carbocycles. The van der Waals surface area contributed by atoms with E-state index in [1.165, 1.54) is 29.7 Å². The Kier molecular flexibility index (Phi) is 6.12. The number of nitro groups is 1. The fraction of sp³-hybridized carbons (Fsp3) is 0.0455. The maximum Gasteiger partial charge on any atom is 0.433 e. The Morgan fingerprint density at radius 3 is 2.77 bits per heavy atom. The summed E-state index contributed by atoms with van der Waals surface area (Å²) in [4.78, 5) is 27.2. The topological polar surface area (TPSA) is 124 Å². The first-order chi connectivity index (χ1) is 16.9. The van der Waals surface area contributed by atoms with E-state index < -0.39 is 10.8 Å². The Balaban J connectivity index is 1.61. The van der Waals surface area contributed by atoms with Crippen LogP contribution in [0.25, 0.3) is 11.3 Å². The average molecular weight is 530 g/mol. The lowest BCUT2D eigenvalue weighted by molar-refractivity contribution is -0.402. The summed E-state index contributed by atoms with van der Waals surface area (Å²) in [5.41, 5.74) is 2.46. The van der Waals surface area contributed by atoms with Crippen LogP contribution in [0.4, 0.5) is 17.3 Å². The summed E-state index contributed by atoms with van der Waals surface area (Å²) in [6.07, 6.45) is 1.35. The van der Waals surface area contributed by atoms with Crippen LogP contribution in [0.15, 0.2) is 68.4 Å². The molecule has 0 saturated heterocycles. The van der Waals surface area contributed by atoms with Crippen LogP contribution in [0, 0.1) is 10.1 Å². The molecule has 4 aromatic rings. The number of aromatic nitrogens is 1. The van der Waals surface area contributed by atoms with Gasteiger partial charge in [0.1, 0.15) is 10.7 Å². The number of hydrogen-bond acceptors (Lipinski definition) is 8. The van der Waals surface area contributed by atoms with E-state index in [4.69, 9.17) is 32.4 Å². The summed E-state index contributed by atoms with van der Waals surface area (Å²) in [6, 6.07) is 13.0. The highest BCUT2D eigenvalue weighted by Gasteiger charge is 2.18. The quantitative estimate of drug-likeness (QED) is 0.208. The molecule has 0 saturated carbocycles. The summed E-state index contributed by atoms with van der Waals surface area (Å²) >= 11 is 13.4. The van der Waals surface area contributed by atoms with Crippen molar-refractivity contribution in [3.8, 4) is 17.0 Å². The van der Waals surface area contributed by atoms with E-state index in [0.29, 0.717) is 37.7 Å². The Hall–Kier alpha value is -3.93. The van der Waals surface area contributed by atoms with Crippen molar-refractivity contribution in [1.82, 2.24) is 4.68 Å². The van der Waals surface area contributed by atoms with Gasteiger partial charge < -0.3 is 14.5 Å². The van der Waals surface area contributed by atoms with E-state index >= 15 is 0 Å². The van der Waals surface area contributed by atoms with Gasteiger partial charge in [-0.05, 0) is 42.5 Å². The van der Waals surface area contributed by atoms with Gasteiger partial charge in [-0.25, -0.2) is 9.67 Å². The number of hydrogen-bond donors (Lipinski definition) is 1.